The van der Waals surface area contributed by atoms with Crippen LogP contribution in [0.2, 0.25) is 0 Å². The molecule has 5 heteroatoms. The zero-order valence-corrected chi connectivity index (χ0v) is 12.8. The van der Waals surface area contributed by atoms with Crippen molar-refractivity contribution < 1.29 is 4.92 Å². The third-order valence-corrected chi connectivity index (χ3v) is 3.86. The summed E-state index contributed by atoms with van der Waals surface area (Å²) in [5, 5.41) is 14.1. The molecule has 0 bridgehead atoms. The van der Waals surface area contributed by atoms with E-state index in [2.05, 4.69) is 38.0 Å². The monoisotopic (exact) mass is 279 g/mol. The number of likely N-dealkylation sites (N-methyl/N-ethyl adjacent to an activating group) is 1. The maximum Gasteiger partial charge on any atom is 0.269 e. The molecule has 0 aliphatic carbocycles. The molecule has 0 saturated carbocycles. The summed E-state index contributed by atoms with van der Waals surface area (Å²) in [5.41, 5.74) is 1.21. The van der Waals surface area contributed by atoms with Crippen LogP contribution in [0.4, 0.5) is 5.69 Å². The van der Waals surface area contributed by atoms with E-state index in [1.54, 1.807) is 12.1 Å². The number of nitro benzene ring substituents is 1. The van der Waals surface area contributed by atoms with Crippen LogP contribution in [0.25, 0.3) is 0 Å². The van der Waals surface area contributed by atoms with Crippen molar-refractivity contribution in [2.75, 3.05) is 20.1 Å². The number of nitro groups is 1. The second-order valence-corrected chi connectivity index (χ2v) is 5.26. The van der Waals surface area contributed by atoms with Gasteiger partial charge in [-0.3, -0.25) is 10.1 Å². The van der Waals surface area contributed by atoms with Gasteiger partial charge in [-0.05, 0) is 32.9 Å². The van der Waals surface area contributed by atoms with Crippen molar-refractivity contribution >= 4 is 5.69 Å². The van der Waals surface area contributed by atoms with E-state index in [4.69, 9.17) is 0 Å². The molecule has 1 N–H and O–H groups in total. The van der Waals surface area contributed by atoms with Crippen LogP contribution in [0.3, 0.4) is 0 Å². The van der Waals surface area contributed by atoms with Crippen molar-refractivity contribution in [3.63, 3.8) is 0 Å². The van der Waals surface area contributed by atoms with E-state index >= 15 is 0 Å². The second kappa shape index (κ2) is 7.97. The molecule has 1 aromatic carbocycles. The summed E-state index contributed by atoms with van der Waals surface area (Å²) in [6, 6.07) is 7.52. The Morgan fingerprint density at radius 2 is 1.90 bits per heavy atom. The first-order valence-electron chi connectivity index (χ1n) is 7.13. The molecule has 0 heterocycles. The summed E-state index contributed by atoms with van der Waals surface area (Å²) in [4.78, 5) is 12.6. The minimum atomic E-state index is -0.372. The first-order chi connectivity index (χ1) is 9.45. The lowest BCUT2D eigenvalue weighted by molar-refractivity contribution is -0.384. The summed E-state index contributed by atoms with van der Waals surface area (Å²) in [6.07, 6.45) is 1.15. The van der Waals surface area contributed by atoms with Crippen LogP contribution >= 0.6 is 0 Å². The largest absolute Gasteiger partial charge is 0.309 e. The molecule has 0 aliphatic heterocycles. The van der Waals surface area contributed by atoms with Gasteiger partial charge < -0.3 is 10.2 Å². The Bertz CT molecular complexity index is 420. The molecule has 1 rings (SSSR count). The second-order valence-electron chi connectivity index (χ2n) is 5.26. The van der Waals surface area contributed by atoms with E-state index in [1.807, 2.05) is 12.1 Å². The molecule has 0 fully saturated rings. The minimum absolute atomic E-state index is 0.137. The average Bonchev–Trinajstić information content (AvgIpc) is 2.46. The summed E-state index contributed by atoms with van der Waals surface area (Å²) < 4.78 is 0. The minimum Gasteiger partial charge on any atom is -0.309 e. The Hall–Kier alpha value is -1.46. The van der Waals surface area contributed by atoms with Crippen molar-refractivity contribution in [3.8, 4) is 0 Å². The predicted molar refractivity (Wildman–Crippen MR) is 81.9 cm³/mol. The topological polar surface area (TPSA) is 58.4 Å². The van der Waals surface area contributed by atoms with Gasteiger partial charge in [0.1, 0.15) is 0 Å². The van der Waals surface area contributed by atoms with Crippen molar-refractivity contribution in [2.45, 2.75) is 39.3 Å². The quantitative estimate of drug-likeness (QED) is 0.587. The fourth-order valence-electron chi connectivity index (χ4n) is 1.99. The van der Waals surface area contributed by atoms with Crippen molar-refractivity contribution in [3.05, 3.63) is 39.9 Å². The number of benzene rings is 1. The lowest BCUT2D eigenvalue weighted by Crippen LogP contribution is -2.35. The van der Waals surface area contributed by atoms with E-state index in [0.717, 1.165) is 25.1 Å². The molecule has 0 radical (unpaired) electrons. The Labute approximate surface area is 121 Å². The standard InChI is InChI=1S/C15H25N3O2/c1-5-12(2)17(4)11-10-16-13(3)14-6-8-15(9-7-14)18(19)20/h6-9,12-13,16H,5,10-11H2,1-4H3. The van der Waals surface area contributed by atoms with Gasteiger partial charge >= 0.3 is 0 Å². The van der Waals surface area contributed by atoms with Gasteiger partial charge in [0.25, 0.3) is 5.69 Å². The van der Waals surface area contributed by atoms with Crippen LogP contribution in [-0.4, -0.2) is 36.0 Å². The molecule has 0 saturated heterocycles. The SMILES string of the molecule is CCC(C)N(C)CCNC(C)c1ccc([N+](=O)[O-])cc1. The normalized spacial score (nSPS) is 14.2. The highest BCUT2D eigenvalue weighted by atomic mass is 16.6. The third-order valence-electron chi connectivity index (χ3n) is 3.86. The van der Waals surface area contributed by atoms with Crippen LogP contribution in [0.5, 0.6) is 0 Å². The smallest absolute Gasteiger partial charge is 0.269 e. The molecule has 112 valence electrons. The number of hydrogen-bond donors (Lipinski definition) is 1. The highest BCUT2D eigenvalue weighted by molar-refractivity contribution is 5.33. The predicted octanol–water partition coefficient (Wildman–Crippen LogP) is 2.98. The molecule has 0 spiro atoms. The molecule has 0 aliphatic rings. The maximum absolute atomic E-state index is 10.6. The summed E-state index contributed by atoms with van der Waals surface area (Å²) >= 11 is 0. The number of nitrogens with zero attached hydrogens (tertiary/aromatic N) is 2. The molecule has 5 nitrogen and oxygen atoms in total. The molecule has 0 aromatic heterocycles. The highest BCUT2D eigenvalue weighted by Crippen LogP contribution is 2.17. The van der Waals surface area contributed by atoms with E-state index in [9.17, 15) is 10.1 Å². The van der Waals surface area contributed by atoms with Crippen molar-refractivity contribution in [2.24, 2.45) is 0 Å². The number of nitrogens with one attached hydrogen (secondary N) is 1. The van der Waals surface area contributed by atoms with E-state index in [-0.39, 0.29) is 16.7 Å². The highest BCUT2D eigenvalue weighted by Gasteiger charge is 2.10. The number of rotatable bonds is 8. The zero-order chi connectivity index (χ0) is 15.1. The Morgan fingerprint density at radius 1 is 1.30 bits per heavy atom. The van der Waals surface area contributed by atoms with E-state index in [1.165, 1.54) is 0 Å². The van der Waals surface area contributed by atoms with Gasteiger partial charge in [0.15, 0.2) is 0 Å². The van der Waals surface area contributed by atoms with Crippen LogP contribution in [0, 0.1) is 10.1 Å². The lowest BCUT2D eigenvalue weighted by Gasteiger charge is -2.24. The molecule has 1 aromatic rings. The fraction of sp³-hybridized carbons (Fsp3) is 0.600. The first-order valence-corrected chi connectivity index (χ1v) is 7.13. The molecule has 0 amide bonds. The van der Waals surface area contributed by atoms with Gasteiger partial charge in [-0.2, -0.15) is 0 Å². The summed E-state index contributed by atoms with van der Waals surface area (Å²) in [7, 11) is 2.13. The van der Waals surface area contributed by atoms with Crippen LogP contribution < -0.4 is 5.32 Å². The number of non-ortho nitro benzene ring substituents is 1. The molecule has 2 unspecified atom stereocenters. The van der Waals surface area contributed by atoms with Crippen molar-refractivity contribution in [1.29, 1.82) is 0 Å². The Kier molecular flexibility index (Phi) is 6.61. The van der Waals surface area contributed by atoms with Crippen LogP contribution in [-0.2, 0) is 0 Å². The summed E-state index contributed by atoms with van der Waals surface area (Å²) in [5.74, 6) is 0. The maximum atomic E-state index is 10.6. The van der Waals surface area contributed by atoms with Crippen LogP contribution in [0.1, 0.15) is 38.8 Å². The van der Waals surface area contributed by atoms with Gasteiger partial charge in [0.05, 0.1) is 4.92 Å². The van der Waals surface area contributed by atoms with Gasteiger partial charge in [0, 0.05) is 37.3 Å². The third kappa shape index (κ3) is 4.90. The van der Waals surface area contributed by atoms with Gasteiger partial charge in [-0.25, -0.2) is 0 Å². The number of hydrogen-bond acceptors (Lipinski definition) is 4. The molecular weight excluding hydrogens is 254 g/mol. The first kappa shape index (κ1) is 16.6. The Balaban J connectivity index is 2.43. The van der Waals surface area contributed by atoms with Crippen molar-refractivity contribution in [1.82, 2.24) is 10.2 Å². The van der Waals surface area contributed by atoms with Gasteiger partial charge in [0.2, 0.25) is 0 Å². The summed E-state index contributed by atoms with van der Waals surface area (Å²) in [6.45, 7) is 8.38. The molecule has 2 atom stereocenters. The van der Waals surface area contributed by atoms with E-state index < -0.39 is 0 Å². The average molecular weight is 279 g/mol. The molecular formula is C15H25N3O2. The van der Waals surface area contributed by atoms with Gasteiger partial charge in [-0.1, -0.05) is 19.1 Å². The van der Waals surface area contributed by atoms with Crippen LogP contribution in [0.15, 0.2) is 24.3 Å². The zero-order valence-electron chi connectivity index (χ0n) is 12.8. The van der Waals surface area contributed by atoms with E-state index in [0.29, 0.717) is 6.04 Å². The molecule has 20 heavy (non-hydrogen) atoms. The van der Waals surface area contributed by atoms with Gasteiger partial charge in [-0.15, -0.1) is 0 Å². The lowest BCUT2D eigenvalue weighted by atomic mass is 10.1. The Morgan fingerprint density at radius 3 is 2.40 bits per heavy atom. The fourth-order valence-corrected chi connectivity index (χ4v) is 1.99.